The van der Waals surface area contributed by atoms with Gasteiger partial charge in [0.2, 0.25) is 0 Å². The molecule has 2 aromatic rings. The molecule has 0 amide bonds. The molecule has 1 aliphatic carbocycles. The topological polar surface area (TPSA) is 38.4 Å². The molecule has 2 nitrogen and oxygen atoms in total. The third-order valence-corrected chi connectivity index (χ3v) is 3.04. The summed E-state index contributed by atoms with van der Waals surface area (Å²) in [6.07, 6.45) is 2.70. The summed E-state index contributed by atoms with van der Waals surface area (Å²) in [5.74, 6) is 5.16. The third kappa shape index (κ3) is 1.31. The Morgan fingerprint density at radius 1 is 1.00 bits per heavy atom. The lowest BCUT2D eigenvalue weighted by atomic mass is 10.0. The summed E-state index contributed by atoms with van der Waals surface area (Å²) in [7, 11) is 0. The Bertz CT molecular complexity index is 571. The Hall–Kier alpha value is -2.09. The average molecular weight is 208 g/mol. The Morgan fingerprint density at radius 3 is 2.69 bits per heavy atom. The van der Waals surface area contributed by atoms with E-state index >= 15 is 0 Å². The second kappa shape index (κ2) is 3.49. The summed E-state index contributed by atoms with van der Waals surface area (Å²) in [6.45, 7) is 0. The maximum absolute atomic E-state index is 5.16. The second-order valence-electron chi connectivity index (χ2n) is 4.03. The first-order valence-corrected chi connectivity index (χ1v) is 5.33. The van der Waals surface area contributed by atoms with Crippen LogP contribution >= 0.6 is 0 Å². The number of benzene rings is 2. The minimum Gasteiger partial charge on any atom is -0.323 e. The van der Waals surface area contributed by atoms with Gasteiger partial charge in [-0.1, -0.05) is 36.4 Å². The first-order valence-electron chi connectivity index (χ1n) is 5.33. The van der Waals surface area contributed by atoms with E-state index in [4.69, 9.17) is 5.84 Å². The zero-order valence-corrected chi connectivity index (χ0v) is 8.85. The zero-order chi connectivity index (χ0) is 11.0. The molecule has 2 heteroatoms. The number of nitrogens with zero attached hydrogens (tertiary/aromatic N) is 1. The highest BCUT2D eigenvalue weighted by Gasteiger charge is 2.17. The standard InChI is InChI=1S/C14H12N2/c15-16-9-10-5-6-14-12(7-10)8-11-3-1-2-4-13(11)14/h1-7,9H,8,15H2/b16-9+. The van der Waals surface area contributed by atoms with Crippen LogP contribution in [0.1, 0.15) is 16.7 Å². The van der Waals surface area contributed by atoms with Crippen LogP contribution in [0.3, 0.4) is 0 Å². The zero-order valence-electron chi connectivity index (χ0n) is 8.85. The molecule has 16 heavy (non-hydrogen) atoms. The first-order chi connectivity index (χ1) is 7.88. The first kappa shape index (κ1) is 9.16. The summed E-state index contributed by atoms with van der Waals surface area (Å²) in [6, 6.07) is 14.9. The molecule has 0 heterocycles. The maximum Gasteiger partial charge on any atom is 0.0538 e. The highest BCUT2D eigenvalue weighted by atomic mass is 15.1. The number of rotatable bonds is 1. The van der Waals surface area contributed by atoms with Crippen molar-refractivity contribution in [1.82, 2.24) is 0 Å². The Kier molecular flexibility index (Phi) is 2.00. The van der Waals surface area contributed by atoms with E-state index in [2.05, 4.69) is 47.6 Å². The SMILES string of the molecule is N/N=C/c1ccc2c(c1)Cc1ccccc1-2. The van der Waals surface area contributed by atoms with Crippen molar-refractivity contribution >= 4 is 6.21 Å². The third-order valence-electron chi connectivity index (χ3n) is 3.04. The van der Waals surface area contributed by atoms with Gasteiger partial charge in [0.05, 0.1) is 6.21 Å². The van der Waals surface area contributed by atoms with Gasteiger partial charge in [0.15, 0.2) is 0 Å². The van der Waals surface area contributed by atoms with Crippen molar-refractivity contribution in [3.8, 4) is 11.1 Å². The highest BCUT2D eigenvalue weighted by molar-refractivity contribution is 5.84. The fraction of sp³-hybridized carbons (Fsp3) is 0.0714. The van der Waals surface area contributed by atoms with Crippen molar-refractivity contribution < 1.29 is 0 Å². The van der Waals surface area contributed by atoms with E-state index in [9.17, 15) is 0 Å². The molecule has 2 aromatic carbocycles. The molecular formula is C14H12N2. The van der Waals surface area contributed by atoms with Crippen LogP contribution in [0.15, 0.2) is 47.6 Å². The van der Waals surface area contributed by atoms with E-state index in [-0.39, 0.29) is 0 Å². The maximum atomic E-state index is 5.16. The minimum absolute atomic E-state index is 1.01. The van der Waals surface area contributed by atoms with Gasteiger partial charge in [0, 0.05) is 0 Å². The number of fused-ring (bicyclic) bond motifs is 3. The molecule has 78 valence electrons. The Balaban J connectivity index is 2.14. The van der Waals surface area contributed by atoms with Gasteiger partial charge in [-0.3, -0.25) is 0 Å². The second-order valence-corrected chi connectivity index (χ2v) is 4.03. The molecule has 0 radical (unpaired) electrons. The summed E-state index contributed by atoms with van der Waals surface area (Å²) < 4.78 is 0. The molecule has 0 saturated carbocycles. The van der Waals surface area contributed by atoms with E-state index < -0.39 is 0 Å². The molecule has 0 aromatic heterocycles. The fourth-order valence-electron chi connectivity index (χ4n) is 2.33. The van der Waals surface area contributed by atoms with Crippen LogP contribution in [0, 0.1) is 0 Å². The van der Waals surface area contributed by atoms with Gasteiger partial charge < -0.3 is 5.84 Å². The van der Waals surface area contributed by atoms with Crippen LogP contribution in [-0.4, -0.2) is 6.21 Å². The highest BCUT2D eigenvalue weighted by Crippen LogP contribution is 2.36. The predicted octanol–water partition coefficient (Wildman–Crippen LogP) is 2.55. The van der Waals surface area contributed by atoms with Crippen molar-refractivity contribution in [2.75, 3.05) is 0 Å². The van der Waals surface area contributed by atoms with Crippen LogP contribution in [0.2, 0.25) is 0 Å². The van der Waals surface area contributed by atoms with E-state index in [1.165, 1.54) is 22.3 Å². The molecule has 0 saturated heterocycles. The van der Waals surface area contributed by atoms with Gasteiger partial charge in [0.1, 0.15) is 0 Å². The largest absolute Gasteiger partial charge is 0.323 e. The smallest absolute Gasteiger partial charge is 0.0538 e. The summed E-state index contributed by atoms with van der Waals surface area (Å²) in [5, 5.41) is 3.56. The average Bonchev–Trinajstić information content (AvgIpc) is 2.67. The Labute approximate surface area is 94.4 Å². The van der Waals surface area contributed by atoms with Crippen LogP contribution in [-0.2, 0) is 6.42 Å². The molecule has 1 aliphatic rings. The molecular weight excluding hydrogens is 196 g/mol. The van der Waals surface area contributed by atoms with E-state index in [0.717, 1.165) is 12.0 Å². The summed E-state index contributed by atoms with van der Waals surface area (Å²) in [4.78, 5) is 0. The lowest BCUT2D eigenvalue weighted by Crippen LogP contribution is -1.88. The number of nitrogens with two attached hydrogens (primary N) is 1. The normalized spacial score (nSPS) is 12.8. The van der Waals surface area contributed by atoms with Gasteiger partial charge in [-0.05, 0) is 40.3 Å². The van der Waals surface area contributed by atoms with Crippen LogP contribution in [0.4, 0.5) is 0 Å². The van der Waals surface area contributed by atoms with Crippen LogP contribution in [0.5, 0.6) is 0 Å². The van der Waals surface area contributed by atoms with Crippen molar-refractivity contribution in [2.24, 2.45) is 10.9 Å². The van der Waals surface area contributed by atoms with Gasteiger partial charge in [-0.15, -0.1) is 0 Å². The van der Waals surface area contributed by atoms with Crippen molar-refractivity contribution in [3.63, 3.8) is 0 Å². The fourth-order valence-corrected chi connectivity index (χ4v) is 2.33. The molecule has 0 atom stereocenters. The van der Waals surface area contributed by atoms with Crippen molar-refractivity contribution in [3.05, 3.63) is 59.2 Å². The molecule has 2 N–H and O–H groups in total. The summed E-state index contributed by atoms with van der Waals surface area (Å²) in [5.41, 5.74) is 6.52. The van der Waals surface area contributed by atoms with Gasteiger partial charge >= 0.3 is 0 Å². The Morgan fingerprint density at radius 2 is 1.81 bits per heavy atom. The van der Waals surface area contributed by atoms with E-state index in [1.807, 2.05) is 0 Å². The predicted molar refractivity (Wildman–Crippen MR) is 66.5 cm³/mol. The van der Waals surface area contributed by atoms with Crippen LogP contribution in [0.25, 0.3) is 11.1 Å². The van der Waals surface area contributed by atoms with Gasteiger partial charge in [-0.25, -0.2) is 0 Å². The molecule has 0 fully saturated rings. The monoisotopic (exact) mass is 208 g/mol. The van der Waals surface area contributed by atoms with Crippen molar-refractivity contribution in [1.29, 1.82) is 0 Å². The number of hydrogen-bond acceptors (Lipinski definition) is 2. The van der Waals surface area contributed by atoms with Gasteiger partial charge in [-0.2, -0.15) is 5.10 Å². The van der Waals surface area contributed by atoms with Gasteiger partial charge in [0.25, 0.3) is 0 Å². The number of hydrazone groups is 1. The van der Waals surface area contributed by atoms with E-state index in [0.29, 0.717) is 0 Å². The van der Waals surface area contributed by atoms with E-state index in [1.54, 1.807) is 6.21 Å². The van der Waals surface area contributed by atoms with Crippen molar-refractivity contribution in [2.45, 2.75) is 6.42 Å². The minimum atomic E-state index is 1.01. The number of hydrogen-bond donors (Lipinski definition) is 1. The molecule has 0 spiro atoms. The lowest BCUT2D eigenvalue weighted by Gasteiger charge is -2.01. The molecule has 0 aliphatic heterocycles. The van der Waals surface area contributed by atoms with Crippen LogP contribution < -0.4 is 5.84 Å². The molecule has 0 bridgehead atoms. The molecule has 3 rings (SSSR count). The lowest BCUT2D eigenvalue weighted by molar-refractivity contribution is 1.25. The molecule has 0 unspecified atom stereocenters. The summed E-state index contributed by atoms with van der Waals surface area (Å²) >= 11 is 0. The quantitative estimate of drug-likeness (QED) is 0.372.